The van der Waals surface area contributed by atoms with E-state index in [2.05, 4.69) is 6.58 Å². The van der Waals surface area contributed by atoms with E-state index in [4.69, 9.17) is 31.2 Å². The van der Waals surface area contributed by atoms with E-state index in [-0.39, 0.29) is 5.91 Å². The molecule has 1 aliphatic rings. The number of carbonyl (C=O) groups excluding carboxylic acids is 1. The minimum Gasteiger partial charge on any atom is -0.491 e. The first-order valence-corrected chi connectivity index (χ1v) is 12.3. The van der Waals surface area contributed by atoms with Crippen molar-refractivity contribution in [3.63, 3.8) is 0 Å². The molecule has 0 saturated carbocycles. The molecule has 0 radical (unpaired) electrons. The van der Waals surface area contributed by atoms with Crippen LogP contribution >= 0.6 is 24.0 Å². The summed E-state index contributed by atoms with van der Waals surface area (Å²) in [6.07, 6.45) is 3.47. The Bertz CT molecular complexity index is 1040. The number of thioether (sulfide) groups is 1. The van der Waals surface area contributed by atoms with Crippen molar-refractivity contribution in [1.29, 1.82) is 0 Å². The Kier molecular flexibility index (Phi) is 10.00. The van der Waals surface area contributed by atoms with Gasteiger partial charge in [-0.1, -0.05) is 53.8 Å². The maximum atomic E-state index is 12.6. The molecule has 0 bridgehead atoms. The molecule has 180 valence electrons. The molecule has 1 aliphatic heterocycles. The number of rotatable bonds is 13. The molecule has 1 fully saturated rings. The molecule has 0 unspecified atom stereocenters. The van der Waals surface area contributed by atoms with Gasteiger partial charge in [-0.05, 0) is 49.8 Å². The van der Waals surface area contributed by atoms with E-state index in [0.29, 0.717) is 60.3 Å². The maximum Gasteiger partial charge on any atom is 0.266 e. The van der Waals surface area contributed by atoms with Crippen LogP contribution < -0.4 is 14.2 Å². The SMILES string of the molecule is C=CCN1C(=O)/C(=C/c2ccc(OCCOCCOc3ccc(C)cc3)c(OCC)c2)SC1=S. The molecule has 0 N–H and O–H groups in total. The topological polar surface area (TPSA) is 57.2 Å². The summed E-state index contributed by atoms with van der Waals surface area (Å²) >= 11 is 6.58. The summed E-state index contributed by atoms with van der Waals surface area (Å²) in [4.78, 5) is 14.7. The van der Waals surface area contributed by atoms with Crippen molar-refractivity contribution in [3.05, 3.63) is 71.2 Å². The molecule has 2 aromatic rings. The smallest absolute Gasteiger partial charge is 0.266 e. The Morgan fingerprint density at radius 2 is 1.74 bits per heavy atom. The number of aryl methyl sites for hydroxylation is 1. The average molecular weight is 500 g/mol. The maximum absolute atomic E-state index is 12.6. The third kappa shape index (κ3) is 7.35. The number of benzene rings is 2. The number of ether oxygens (including phenoxy) is 4. The van der Waals surface area contributed by atoms with Crippen molar-refractivity contribution in [2.75, 3.05) is 39.6 Å². The van der Waals surface area contributed by atoms with E-state index >= 15 is 0 Å². The van der Waals surface area contributed by atoms with Gasteiger partial charge in [0.15, 0.2) is 11.5 Å². The van der Waals surface area contributed by atoms with Crippen molar-refractivity contribution in [1.82, 2.24) is 4.90 Å². The number of thiocarbonyl (C=S) groups is 1. The standard InChI is InChI=1S/C26H29NO5S2/c1-4-12-27-25(28)24(34-26(27)33)18-20-8-11-22(23(17-20)30-5-2)32-16-14-29-13-15-31-21-9-6-19(3)7-10-21/h4,6-11,17-18H,1,5,12-16H2,2-3H3/b24-18-. The van der Waals surface area contributed by atoms with Crippen molar-refractivity contribution < 1.29 is 23.7 Å². The van der Waals surface area contributed by atoms with Gasteiger partial charge in [0.05, 0.1) is 24.7 Å². The van der Waals surface area contributed by atoms with Crippen molar-refractivity contribution in [2.45, 2.75) is 13.8 Å². The fraction of sp³-hybridized carbons (Fsp3) is 0.308. The van der Waals surface area contributed by atoms with Crippen LogP contribution in [0, 0.1) is 6.92 Å². The van der Waals surface area contributed by atoms with Gasteiger partial charge in [0.1, 0.15) is 23.3 Å². The van der Waals surface area contributed by atoms with Gasteiger partial charge < -0.3 is 18.9 Å². The highest BCUT2D eigenvalue weighted by Crippen LogP contribution is 2.34. The van der Waals surface area contributed by atoms with Crippen LogP contribution in [0.4, 0.5) is 0 Å². The number of amides is 1. The Balaban J connectivity index is 1.49. The zero-order chi connectivity index (χ0) is 24.3. The van der Waals surface area contributed by atoms with Gasteiger partial charge in [0.2, 0.25) is 0 Å². The van der Waals surface area contributed by atoms with Crippen LogP contribution in [0.2, 0.25) is 0 Å². The Morgan fingerprint density at radius 1 is 1.00 bits per heavy atom. The highest BCUT2D eigenvalue weighted by Gasteiger charge is 2.31. The Labute approximate surface area is 210 Å². The largest absolute Gasteiger partial charge is 0.491 e. The van der Waals surface area contributed by atoms with Gasteiger partial charge in [-0.25, -0.2) is 0 Å². The lowest BCUT2D eigenvalue weighted by Gasteiger charge is -2.13. The molecule has 34 heavy (non-hydrogen) atoms. The zero-order valence-corrected chi connectivity index (χ0v) is 21.1. The van der Waals surface area contributed by atoms with Gasteiger partial charge in [-0.2, -0.15) is 0 Å². The lowest BCUT2D eigenvalue weighted by molar-refractivity contribution is -0.121. The van der Waals surface area contributed by atoms with Crippen LogP contribution in [0.3, 0.4) is 0 Å². The summed E-state index contributed by atoms with van der Waals surface area (Å²) in [5, 5.41) is 0. The van der Waals surface area contributed by atoms with Crippen molar-refractivity contribution >= 4 is 40.3 Å². The first-order chi connectivity index (χ1) is 16.5. The molecular weight excluding hydrogens is 470 g/mol. The van der Waals surface area contributed by atoms with Crippen LogP contribution in [0.1, 0.15) is 18.1 Å². The monoisotopic (exact) mass is 499 g/mol. The van der Waals surface area contributed by atoms with Crippen molar-refractivity contribution in [3.8, 4) is 17.2 Å². The summed E-state index contributed by atoms with van der Waals surface area (Å²) < 4.78 is 23.4. The molecule has 0 spiro atoms. The molecule has 0 aliphatic carbocycles. The minimum absolute atomic E-state index is 0.114. The van der Waals surface area contributed by atoms with E-state index in [1.807, 2.05) is 62.4 Å². The fourth-order valence-corrected chi connectivity index (χ4v) is 4.38. The van der Waals surface area contributed by atoms with Gasteiger partial charge in [-0.3, -0.25) is 9.69 Å². The third-order valence-corrected chi connectivity index (χ3v) is 6.13. The fourth-order valence-electron chi connectivity index (χ4n) is 3.11. The molecule has 8 heteroatoms. The van der Waals surface area contributed by atoms with E-state index < -0.39 is 0 Å². The molecule has 1 heterocycles. The number of hydrogen-bond donors (Lipinski definition) is 0. The quantitative estimate of drug-likeness (QED) is 0.161. The van der Waals surface area contributed by atoms with Gasteiger partial charge in [0, 0.05) is 6.54 Å². The predicted octanol–water partition coefficient (Wildman–Crippen LogP) is 5.26. The predicted molar refractivity (Wildman–Crippen MR) is 141 cm³/mol. The van der Waals surface area contributed by atoms with E-state index in [0.717, 1.165) is 11.3 Å². The van der Waals surface area contributed by atoms with Crippen LogP contribution in [-0.4, -0.2) is 54.7 Å². The minimum atomic E-state index is -0.114. The molecule has 0 atom stereocenters. The lowest BCUT2D eigenvalue weighted by atomic mass is 10.2. The Hall–Kier alpha value is -2.81. The van der Waals surface area contributed by atoms with E-state index in [9.17, 15) is 4.79 Å². The summed E-state index contributed by atoms with van der Waals surface area (Å²) in [6.45, 7) is 10.3. The van der Waals surface area contributed by atoms with Crippen LogP contribution in [0.5, 0.6) is 17.2 Å². The normalized spacial score (nSPS) is 14.5. The first-order valence-electron chi connectivity index (χ1n) is 11.0. The van der Waals surface area contributed by atoms with Crippen LogP contribution in [0.25, 0.3) is 6.08 Å². The highest BCUT2D eigenvalue weighted by molar-refractivity contribution is 8.26. The zero-order valence-electron chi connectivity index (χ0n) is 19.5. The molecule has 1 saturated heterocycles. The number of nitrogens with zero attached hydrogens (tertiary/aromatic N) is 1. The van der Waals surface area contributed by atoms with Gasteiger partial charge >= 0.3 is 0 Å². The lowest BCUT2D eigenvalue weighted by Crippen LogP contribution is -2.27. The second kappa shape index (κ2) is 13.2. The summed E-state index contributed by atoms with van der Waals surface area (Å²) in [5.74, 6) is 1.95. The summed E-state index contributed by atoms with van der Waals surface area (Å²) in [7, 11) is 0. The second-order valence-corrected chi connectivity index (χ2v) is 9.02. The summed E-state index contributed by atoms with van der Waals surface area (Å²) in [5.41, 5.74) is 2.03. The van der Waals surface area contributed by atoms with Crippen LogP contribution in [-0.2, 0) is 9.53 Å². The molecule has 2 aromatic carbocycles. The van der Waals surface area contributed by atoms with E-state index in [1.54, 1.807) is 6.08 Å². The number of hydrogen-bond acceptors (Lipinski definition) is 7. The van der Waals surface area contributed by atoms with E-state index in [1.165, 1.54) is 22.2 Å². The third-order valence-electron chi connectivity index (χ3n) is 4.75. The van der Waals surface area contributed by atoms with Gasteiger partial charge in [-0.15, -0.1) is 6.58 Å². The molecular formula is C26H29NO5S2. The highest BCUT2D eigenvalue weighted by atomic mass is 32.2. The molecule has 3 rings (SSSR count). The molecule has 0 aromatic heterocycles. The molecule has 1 amide bonds. The van der Waals surface area contributed by atoms with Gasteiger partial charge in [0.25, 0.3) is 5.91 Å². The summed E-state index contributed by atoms with van der Waals surface area (Å²) in [6, 6.07) is 13.5. The first kappa shape index (κ1) is 25.8. The van der Waals surface area contributed by atoms with Crippen LogP contribution in [0.15, 0.2) is 60.0 Å². The Morgan fingerprint density at radius 3 is 2.44 bits per heavy atom. The average Bonchev–Trinajstić information content (AvgIpc) is 3.08. The molecule has 6 nitrogen and oxygen atoms in total. The second-order valence-electron chi connectivity index (χ2n) is 7.34. The van der Waals surface area contributed by atoms with Crippen molar-refractivity contribution in [2.24, 2.45) is 0 Å². The number of carbonyl (C=O) groups is 1.